The molecule has 120 valence electrons. The van der Waals surface area contributed by atoms with Crippen molar-refractivity contribution in [3.8, 4) is 0 Å². The van der Waals surface area contributed by atoms with Crippen LogP contribution >= 0.6 is 0 Å². The molecule has 0 fully saturated rings. The van der Waals surface area contributed by atoms with Gasteiger partial charge in [0.2, 0.25) is 0 Å². The fourth-order valence-electron chi connectivity index (χ4n) is 2.04. The van der Waals surface area contributed by atoms with E-state index in [1.54, 1.807) is 43.3 Å². The molecule has 2 aromatic rings. The number of nitrogens with zero attached hydrogens (tertiary/aromatic N) is 1. The largest absolute Gasteiger partial charge is 0.387 e. The monoisotopic (exact) mass is 315 g/mol. The zero-order valence-corrected chi connectivity index (χ0v) is 12.5. The van der Waals surface area contributed by atoms with Crippen LogP contribution in [-0.4, -0.2) is 22.6 Å². The molecule has 0 saturated heterocycles. The number of aliphatic hydroxyl groups is 1. The number of rotatable bonds is 5. The topological polar surface area (TPSA) is 104 Å². The predicted molar refractivity (Wildman–Crippen MR) is 86.3 cm³/mol. The molecule has 0 bridgehead atoms. The van der Waals surface area contributed by atoms with E-state index in [2.05, 4.69) is 10.6 Å². The summed E-state index contributed by atoms with van der Waals surface area (Å²) in [5, 5.41) is 25.9. The van der Waals surface area contributed by atoms with E-state index in [1.807, 2.05) is 6.07 Å². The van der Waals surface area contributed by atoms with E-state index in [9.17, 15) is 20.0 Å². The van der Waals surface area contributed by atoms with Crippen LogP contribution in [0, 0.1) is 17.0 Å². The smallest absolute Gasteiger partial charge is 0.319 e. The van der Waals surface area contributed by atoms with Gasteiger partial charge in [-0.05, 0) is 18.6 Å². The van der Waals surface area contributed by atoms with Gasteiger partial charge in [0.25, 0.3) is 5.69 Å². The highest BCUT2D eigenvalue weighted by Crippen LogP contribution is 2.22. The van der Waals surface area contributed by atoms with Crippen LogP contribution in [0.15, 0.2) is 48.5 Å². The number of urea groups is 1. The van der Waals surface area contributed by atoms with Gasteiger partial charge < -0.3 is 15.7 Å². The van der Waals surface area contributed by atoms with Crippen molar-refractivity contribution in [1.29, 1.82) is 0 Å². The molecule has 0 aliphatic carbocycles. The van der Waals surface area contributed by atoms with Crippen molar-refractivity contribution in [1.82, 2.24) is 5.32 Å². The molecule has 0 aliphatic rings. The Morgan fingerprint density at radius 2 is 1.96 bits per heavy atom. The maximum atomic E-state index is 11.8. The van der Waals surface area contributed by atoms with Gasteiger partial charge in [-0.2, -0.15) is 0 Å². The molecular formula is C16H17N3O4. The van der Waals surface area contributed by atoms with Gasteiger partial charge >= 0.3 is 6.03 Å². The summed E-state index contributed by atoms with van der Waals surface area (Å²) in [7, 11) is 0. The first kappa shape index (κ1) is 16.4. The van der Waals surface area contributed by atoms with Crippen molar-refractivity contribution in [2.24, 2.45) is 0 Å². The maximum absolute atomic E-state index is 11.8. The number of amides is 2. The molecular weight excluding hydrogens is 298 g/mol. The molecule has 23 heavy (non-hydrogen) atoms. The highest BCUT2D eigenvalue weighted by Gasteiger charge is 2.13. The summed E-state index contributed by atoms with van der Waals surface area (Å²) < 4.78 is 0. The Balaban J connectivity index is 1.92. The second-order valence-corrected chi connectivity index (χ2v) is 5.02. The minimum Gasteiger partial charge on any atom is -0.387 e. The van der Waals surface area contributed by atoms with Crippen molar-refractivity contribution in [2.75, 3.05) is 11.9 Å². The molecule has 0 radical (unpaired) electrons. The van der Waals surface area contributed by atoms with E-state index in [-0.39, 0.29) is 12.2 Å². The number of nitro benzene ring substituents is 1. The average Bonchev–Trinajstić information content (AvgIpc) is 2.55. The summed E-state index contributed by atoms with van der Waals surface area (Å²) in [5.41, 5.74) is 1.46. The van der Waals surface area contributed by atoms with Gasteiger partial charge in [-0.15, -0.1) is 0 Å². The molecule has 0 spiro atoms. The molecule has 7 nitrogen and oxygen atoms in total. The number of carbonyl (C=O) groups excluding carboxylic acids is 1. The molecule has 0 heterocycles. The molecule has 7 heteroatoms. The van der Waals surface area contributed by atoms with Crippen LogP contribution < -0.4 is 10.6 Å². The minimum atomic E-state index is -0.825. The Hall–Kier alpha value is -2.93. The third-order valence-corrected chi connectivity index (χ3v) is 3.30. The molecule has 0 aromatic heterocycles. The van der Waals surface area contributed by atoms with Gasteiger partial charge in [-0.1, -0.05) is 36.4 Å². The Morgan fingerprint density at radius 3 is 2.61 bits per heavy atom. The van der Waals surface area contributed by atoms with Gasteiger partial charge in [0.15, 0.2) is 0 Å². The SMILES string of the molecule is Cc1ccc(NC(=O)NC[C@@H](O)c2ccccc2)cc1[N+](=O)[O-]. The fourth-order valence-corrected chi connectivity index (χ4v) is 2.04. The molecule has 0 saturated carbocycles. The van der Waals surface area contributed by atoms with Crippen molar-refractivity contribution in [3.63, 3.8) is 0 Å². The highest BCUT2D eigenvalue weighted by atomic mass is 16.6. The van der Waals surface area contributed by atoms with Crippen LogP contribution in [0.2, 0.25) is 0 Å². The van der Waals surface area contributed by atoms with Crippen LogP contribution in [0.3, 0.4) is 0 Å². The lowest BCUT2D eigenvalue weighted by Crippen LogP contribution is -2.32. The van der Waals surface area contributed by atoms with E-state index in [4.69, 9.17) is 0 Å². The quantitative estimate of drug-likeness (QED) is 0.583. The van der Waals surface area contributed by atoms with Gasteiger partial charge in [-0.3, -0.25) is 10.1 Å². The molecule has 2 aromatic carbocycles. The molecule has 2 amide bonds. The second kappa shape index (κ2) is 7.37. The summed E-state index contributed by atoms with van der Waals surface area (Å²) in [4.78, 5) is 22.2. The van der Waals surface area contributed by atoms with Crippen LogP contribution in [-0.2, 0) is 0 Å². The standard InChI is InChI=1S/C16H17N3O4/c1-11-7-8-13(9-14(11)19(22)23)18-16(21)17-10-15(20)12-5-3-2-4-6-12/h2-9,15,20H,10H2,1H3,(H2,17,18,21)/t15-/m1/s1. The van der Waals surface area contributed by atoms with E-state index in [0.717, 1.165) is 0 Å². The van der Waals surface area contributed by atoms with Crippen LogP contribution in [0.25, 0.3) is 0 Å². The zero-order chi connectivity index (χ0) is 16.8. The van der Waals surface area contributed by atoms with Crippen molar-refractivity contribution >= 4 is 17.4 Å². The maximum Gasteiger partial charge on any atom is 0.319 e. The Kier molecular flexibility index (Phi) is 5.27. The summed E-state index contributed by atoms with van der Waals surface area (Å²) in [6.07, 6.45) is -0.825. The first-order valence-corrected chi connectivity index (χ1v) is 7.00. The number of aliphatic hydroxyl groups excluding tert-OH is 1. The number of aryl methyl sites for hydroxylation is 1. The molecule has 0 aliphatic heterocycles. The number of nitro groups is 1. The first-order chi connectivity index (χ1) is 11.0. The second-order valence-electron chi connectivity index (χ2n) is 5.02. The number of anilines is 1. The van der Waals surface area contributed by atoms with E-state index < -0.39 is 17.1 Å². The number of hydrogen-bond donors (Lipinski definition) is 3. The van der Waals surface area contributed by atoms with Crippen molar-refractivity contribution < 1.29 is 14.8 Å². The van der Waals surface area contributed by atoms with E-state index in [0.29, 0.717) is 16.8 Å². The summed E-state index contributed by atoms with van der Waals surface area (Å²) in [6.45, 7) is 1.65. The fraction of sp³-hybridized carbons (Fsp3) is 0.188. The third-order valence-electron chi connectivity index (χ3n) is 3.30. The number of hydrogen-bond acceptors (Lipinski definition) is 4. The number of carbonyl (C=O) groups is 1. The lowest BCUT2D eigenvalue weighted by atomic mass is 10.1. The van der Waals surface area contributed by atoms with Crippen molar-refractivity contribution in [2.45, 2.75) is 13.0 Å². The van der Waals surface area contributed by atoms with Crippen LogP contribution in [0.1, 0.15) is 17.2 Å². The van der Waals surface area contributed by atoms with Crippen LogP contribution in [0.5, 0.6) is 0 Å². The average molecular weight is 315 g/mol. The molecule has 2 rings (SSSR count). The number of benzene rings is 2. The Labute approximate surface area is 133 Å². The van der Waals surface area contributed by atoms with Crippen LogP contribution in [0.4, 0.5) is 16.2 Å². The third kappa shape index (κ3) is 4.52. The lowest BCUT2D eigenvalue weighted by molar-refractivity contribution is -0.385. The van der Waals surface area contributed by atoms with Gasteiger partial charge in [0.05, 0.1) is 11.0 Å². The minimum absolute atomic E-state index is 0.0315. The zero-order valence-electron chi connectivity index (χ0n) is 12.5. The van der Waals surface area contributed by atoms with Gasteiger partial charge in [-0.25, -0.2) is 4.79 Å². The summed E-state index contributed by atoms with van der Waals surface area (Å²) in [6, 6.07) is 12.8. The van der Waals surface area contributed by atoms with E-state index >= 15 is 0 Å². The summed E-state index contributed by atoms with van der Waals surface area (Å²) >= 11 is 0. The van der Waals surface area contributed by atoms with Crippen molar-refractivity contribution in [3.05, 3.63) is 69.8 Å². The normalized spacial score (nSPS) is 11.6. The van der Waals surface area contributed by atoms with E-state index in [1.165, 1.54) is 6.07 Å². The Bertz CT molecular complexity index is 704. The number of nitrogens with one attached hydrogen (secondary N) is 2. The highest BCUT2D eigenvalue weighted by molar-refractivity contribution is 5.89. The lowest BCUT2D eigenvalue weighted by Gasteiger charge is -2.13. The molecule has 3 N–H and O–H groups in total. The molecule has 0 unspecified atom stereocenters. The van der Waals surface area contributed by atoms with Gasteiger partial charge in [0.1, 0.15) is 0 Å². The molecule has 1 atom stereocenters. The van der Waals surface area contributed by atoms with Gasteiger partial charge in [0, 0.05) is 23.9 Å². The first-order valence-electron chi connectivity index (χ1n) is 7.00. The predicted octanol–water partition coefficient (Wildman–Crippen LogP) is 2.76. The summed E-state index contributed by atoms with van der Waals surface area (Å²) in [5.74, 6) is 0. The Morgan fingerprint density at radius 1 is 1.26 bits per heavy atom.